The van der Waals surface area contributed by atoms with Crippen LogP contribution >= 0.6 is 11.3 Å². The number of carboxylic acid groups (broad SMARTS) is 1. The van der Waals surface area contributed by atoms with Crippen molar-refractivity contribution in [2.45, 2.75) is 45.0 Å². The summed E-state index contributed by atoms with van der Waals surface area (Å²) < 4.78 is 27.3. The highest BCUT2D eigenvalue weighted by Crippen LogP contribution is 2.40. The smallest absolute Gasteiger partial charge is 0.303 e. The van der Waals surface area contributed by atoms with Crippen molar-refractivity contribution in [3.8, 4) is 0 Å². The molecule has 96 valence electrons. The fraction of sp³-hybridized carbons (Fsp3) is 0.583. The summed E-state index contributed by atoms with van der Waals surface area (Å²) in [6, 6.07) is 3.09. The molecule has 5 heteroatoms. The molecule has 1 aromatic rings. The first kappa shape index (κ1) is 14.1. The zero-order valence-electron chi connectivity index (χ0n) is 10.1. The standard InChI is InChI=1S/C12H16F2O2S/c1-11(2,3)8-4-5-9(17-8)12(13,14)7-6-10(15)16/h4-5H,6-7H2,1-3H3,(H,15,16). The molecule has 0 aliphatic rings. The summed E-state index contributed by atoms with van der Waals surface area (Å²) in [5.74, 6) is -4.25. The Labute approximate surface area is 103 Å². The molecule has 0 aliphatic carbocycles. The summed E-state index contributed by atoms with van der Waals surface area (Å²) >= 11 is 1.06. The third-order valence-electron chi connectivity index (χ3n) is 2.36. The highest BCUT2D eigenvalue weighted by Gasteiger charge is 2.34. The molecule has 0 bridgehead atoms. The third-order valence-corrected chi connectivity index (χ3v) is 3.98. The first-order valence-corrected chi connectivity index (χ1v) is 6.15. The van der Waals surface area contributed by atoms with E-state index in [0.717, 1.165) is 16.2 Å². The second kappa shape index (κ2) is 4.72. The summed E-state index contributed by atoms with van der Waals surface area (Å²) in [7, 11) is 0. The minimum atomic E-state index is -3.05. The summed E-state index contributed by atoms with van der Waals surface area (Å²) in [5, 5.41) is 8.43. The average Bonchev–Trinajstić information content (AvgIpc) is 2.63. The Hall–Kier alpha value is -0.970. The molecule has 0 fully saturated rings. The van der Waals surface area contributed by atoms with Crippen LogP contribution in [0.4, 0.5) is 8.78 Å². The molecule has 17 heavy (non-hydrogen) atoms. The number of hydrogen-bond acceptors (Lipinski definition) is 2. The summed E-state index contributed by atoms with van der Waals surface area (Å²) in [5.41, 5.74) is -0.161. The van der Waals surface area contributed by atoms with E-state index in [4.69, 9.17) is 5.11 Å². The second-order valence-electron chi connectivity index (χ2n) is 5.01. The van der Waals surface area contributed by atoms with Crippen LogP contribution in [0, 0.1) is 0 Å². The van der Waals surface area contributed by atoms with Gasteiger partial charge in [-0.1, -0.05) is 20.8 Å². The first-order chi connectivity index (χ1) is 7.63. The molecular formula is C12H16F2O2S. The van der Waals surface area contributed by atoms with Crippen LogP contribution < -0.4 is 0 Å². The minimum absolute atomic E-state index is 0.0522. The molecule has 1 N–H and O–H groups in total. The predicted molar refractivity (Wildman–Crippen MR) is 63.8 cm³/mol. The number of halogens is 2. The van der Waals surface area contributed by atoms with Gasteiger partial charge in [0.25, 0.3) is 5.92 Å². The number of rotatable bonds is 4. The predicted octanol–water partition coefficient (Wildman–Crippen LogP) is 4.00. The lowest BCUT2D eigenvalue weighted by Crippen LogP contribution is -2.14. The zero-order valence-corrected chi connectivity index (χ0v) is 10.9. The molecule has 0 spiro atoms. The maximum absolute atomic E-state index is 13.7. The number of alkyl halides is 2. The van der Waals surface area contributed by atoms with E-state index in [9.17, 15) is 13.6 Å². The number of aliphatic carboxylic acids is 1. The Morgan fingerprint density at radius 3 is 2.24 bits per heavy atom. The molecule has 1 aromatic heterocycles. The van der Waals surface area contributed by atoms with Gasteiger partial charge in [-0.2, -0.15) is 0 Å². The largest absolute Gasteiger partial charge is 0.481 e. The van der Waals surface area contributed by atoms with Gasteiger partial charge >= 0.3 is 5.97 Å². The quantitative estimate of drug-likeness (QED) is 0.890. The lowest BCUT2D eigenvalue weighted by molar-refractivity contribution is -0.139. The van der Waals surface area contributed by atoms with E-state index in [0.29, 0.717) is 0 Å². The molecule has 0 atom stereocenters. The van der Waals surface area contributed by atoms with Crippen molar-refractivity contribution in [1.29, 1.82) is 0 Å². The maximum Gasteiger partial charge on any atom is 0.303 e. The maximum atomic E-state index is 13.7. The molecule has 0 amide bonds. The van der Waals surface area contributed by atoms with Crippen LogP contribution in [-0.2, 0) is 16.1 Å². The van der Waals surface area contributed by atoms with Crippen LogP contribution in [0.25, 0.3) is 0 Å². The van der Waals surface area contributed by atoms with Gasteiger partial charge in [0, 0.05) is 11.3 Å². The van der Waals surface area contributed by atoms with E-state index in [1.807, 2.05) is 20.8 Å². The molecule has 0 aromatic carbocycles. The highest BCUT2D eigenvalue weighted by atomic mass is 32.1. The SMILES string of the molecule is CC(C)(C)c1ccc(C(F)(F)CCC(=O)O)s1. The molecule has 0 saturated carbocycles. The average molecular weight is 262 g/mol. The van der Waals surface area contributed by atoms with Gasteiger partial charge in [-0.3, -0.25) is 4.79 Å². The second-order valence-corrected chi connectivity index (χ2v) is 6.10. The van der Waals surface area contributed by atoms with Crippen LogP contribution in [0.3, 0.4) is 0 Å². The molecule has 0 saturated heterocycles. The number of carboxylic acids is 1. The lowest BCUT2D eigenvalue weighted by Gasteiger charge is -2.16. The van der Waals surface area contributed by atoms with E-state index in [-0.39, 0.29) is 10.3 Å². The molecule has 1 heterocycles. The van der Waals surface area contributed by atoms with Crippen molar-refractivity contribution < 1.29 is 18.7 Å². The van der Waals surface area contributed by atoms with Crippen LogP contribution in [-0.4, -0.2) is 11.1 Å². The Balaban J connectivity index is 2.85. The fourth-order valence-electron chi connectivity index (χ4n) is 1.32. The first-order valence-electron chi connectivity index (χ1n) is 5.33. The van der Waals surface area contributed by atoms with Gasteiger partial charge in [0.1, 0.15) is 0 Å². The van der Waals surface area contributed by atoms with Gasteiger partial charge in [-0.05, 0) is 17.5 Å². The van der Waals surface area contributed by atoms with Crippen molar-refractivity contribution >= 4 is 17.3 Å². The van der Waals surface area contributed by atoms with Crippen molar-refractivity contribution in [2.75, 3.05) is 0 Å². The molecule has 0 aliphatic heterocycles. The lowest BCUT2D eigenvalue weighted by atomic mass is 9.95. The number of carbonyl (C=O) groups is 1. The van der Waals surface area contributed by atoms with E-state index >= 15 is 0 Å². The van der Waals surface area contributed by atoms with Crippen molar-refractivity contribution in [2.24, 2.45) is 0 Å². The third kappa shape index (κ3) is 3.77. The van der Waals surface area contributed by atoms with Crippen LogP contribution in [0.15, 0.2) is 12.1 Å². The Morgan fingerprint density at radius 1 is 1.29 bits per heavy atom. The summed E-state index contributed by atoms with van der Waals surface area (Å²) in [6.07, 6.45) is -1.16. The number of thiophene rings is 1. The van der Waals surface area contributed by atoms with Crippen molar-refractivity contribution in [1.82, 2.24) is 0 Å². The van der Waals surface area contributed by atoms with Crippen molar-refractivity contribution in [3.63, 3.8) is 0 Å². The highest BCUT2D eigenvalue weighted by molar-refractivity contribution is 7.12. The molecule has 1 rings (SSSR count). The Bertz CT molecular complexity index is 405. The van der Waals surface area contributed by atoms with Gasteiger partial charge < -0.3 is 5.11 Å². The monoisotopic (exact) mass is 262 g/mol. The van der Waals surface area contributed by atoms with Gasteiger partial charge in [0.2, 0.25) is 0 Å². The number of hydrogen-bond donors (Lipinski definition) is 1. The molecular weight excluding hydrogens is 246 g/mol. The molecule has 2 nitrogen and oxygen atoms in total. The Morgan fingerprint density at radius 2 is 1.82 bits per heavy atom. The minimum Gasteiger partial charge on any atom is -0.481 e. The van der Waals surface area contributed by atoms with Crippen LogP contribution in [0.1, 0.15) is 43.4 Å². The fourth-order valence-corrected chi connectivity index (χ4v) is 2.39. The van der Waals surface area contributed by atoms with Gasteiger partial charge in [0.05, 0.1) is 11.3 Å². The van der Waals surface area contributed by atoms with Crippen LogP contribution in [0.2, 0.25) is 0 Å². The molecule has 0 radical (unpaired) electrons. The van der Waals surface area contributed by atoms with E-state index < -0.39 is 24.7 Å². The summed E-state index contributed by atoms with van der Waals surface area (Å²) in [6.45, 7) is 5.87. The van der Waals surface area contributed by atoms with E-state index in [1.54, 1.807) is 6.07 Å². The molecule has 0 unspecified atom stereocenters. The van der Waals surface area contributed by atoms with Crippen molar-refractivity contribution in [3.05, 3.63) is 21.9 Å². The van der Waals surface area contributed by atoms with Crippen LogP contribution in [0.5, 0.6) is 0 Å². The van der Waals surface area contributed by atoms with E-state index in [2.05, 4.69) is 0 Å². The van der Waals surface area contributed by atoms with Gasteiger partial charge in [-0.15, -0.1) is 11.3 Å². The Kier molecular flexibility index (Phi) is 3.91. The van der Waals surface area contributed by atoms with Gasteiger partial charge in [0.15, 0.2) is 0 Å². The summed E-state index contributed by atoms with van der Waals surface area (Å²) in [4.78, 5) is 11.1. The topological polar surface area (TPSA) is 37.3 Å². The zero-order chi connectivity index (χ0) is 13.3. The van der Waals surface area contributed by atoms with Gasteiger partial charge in [-0.25, -0.2) is 8.78 Å². The normalized spacial score (nSPS) is 12.8. The van der Waals surface area contributed by atoms with E-state index in [1.165, 1.54) is 6.07 Å².